The highest BCUT2D eigenvalue weighted by molar-refractivity contribution is 5.76. The maximum atomic E-state index is 12.2. The molecule has 0 atom stereocenters. The third-order valence-corrected chi connectivity index (χ3v) is 4.09. The van der Waals surface area contributed by atoms with Crippen LogP contribution in [-0.4, -0.2) is 35.9 Å². The van der Waals surface area contributed by atoms with Crippen LogP contribution in [0.5, 0.6) is 0 Å². The zero-order valence-electron chi connectivity index (χ0n) is 15.0. The van der Waals surface area contributed by atoms with Crippen LogP contribution in [0.15, 0.2) is 34.9 Å². The van der Waals surface area contributed by atoms with E-state index in [1.807, 2.05) is 38.2 Å². The molecule has 5 nitrogen and oxygen atoms in total. The van der Waals surface area contributed by atoms with Crippen molar-refractivity contribution in [2.24, 2.45) is 11.1 Å². The van der Waals surface area contributed by atoms with Gasteiger partial charge in [-0.15, -0.1) is 0 Å². The van der Waals surface area contributed by atoms with Gasteiger partial charge in [0.25, 0.3) is 0 Å². The average molecular weight is 329 g/mol. The van der Waals surface area contributed by atoms with Gasteiger partial charge < -0.3 is 15.1 Å². The average Bonchev–Trinajstić information content (AvgIpc) is 3.01. The minimum Gasteiger partial charge on any atom is -0.441 e. The highest BCUT2D eigenvalue weighted by atomic mass is 16.4. The number of aromatic nitrogens is 1. The molecule has 0 aliphatic carbocycles. The number of carbonyl (C=O) groups excluding carboxylic acids is 1. The number of benzene rings is 1. The predicted octanol–water partition coefficient (Wildman–Crippen LogP) is 3.03. The summed E-state index contributed by atoms with van der Waals surface area (Å²) in [4.78, 5) is 18.3. The van der Waals surface area contributed by atoms with Crippen molar-refractivity contribution in [1.29, 1.82) is 0 Å². The molecule has 2 aromatic rings. The van der Waals surface area contributed by atoms with Gasteiger partial charge in [-0.05, 0) is 18.9 Å². The third kappa shape index (κ3) is 4.93. The van der Waals surface area contributed by atoms with Crippen molar-refractivity contribution in [3.05, 3.63) is 41.9 Å². The molecule has 5 heteroatoms. The van der Waals surface area contributed by atoms with Crippen molar-refractivity contribution in [2.45, 2.75) is 33.6 Å². The maximum Gasteiger partial charge on any atom is 0.222 e. The Balaban J connectivity index is 1.91. The summed E-state index contributed by atoms with van der Waals surface area (Å²) in [5.74, 6) is 1.40. The Bertz CT molecular complexity index is 674. The largest absolute Gasteiger partial charge is 0.441 e. The number of amides is 1. The minimum absolute atomic E-state index is 0.0756. The van der Waals surface area contributed by atoms with Crippen LogP contribution in [-0.2, 0) is 11.2 Å². The molecule has 0 aliphatic rings. The van der Waals surface area contributed by atoms with Gasteiger partial charge in [-0.1, -0.05) is 43.7 Å². The molecule has 1 aromatic carbocycles. The second kappa shape index (κ2) is 7.62. The monoisotopic (exact) mass is 329 g/mol. The van der Waals surface area contributed by atoms with Crippen molar-refractivity contribution >= 4 is 5.91 Å². The van der Waals surface area contributed by atoms with E-state index in [0.717, 1.165) is 11.3 Å². The van der Waals surface area contributed by atoms with Gasteiger partial charge in [0.1, 0.15) is 0 Å². The van der Waals surface area contributed by atoms with Gasteiger partial charge in [0.2, 0.25) is 5.91 Å². The van der Waals surface area contributed by atoms with Crippen molar-refractivity contribution in [1.82, 2.24) is 9.88 Å². The first-order valence-electron chi connectivity index (χ1n) is 8.26. The van der Waals surface area contributed by atoms with Crippen molar-refractivity contribution in [3.63, 3.8) is 0 Å². The first kappa shape index (κ1) is 18.2. The van der Waals surface area contributed by atoms with Crippen LogP contribution < -0.4 is 5.73 Å². The molecule has 0 bridgehead atoms. The number of aryl methyl sites for hydroxylation is 2. The van der Waals surface area contributed by atoms with Crippen molar-refractivity contribution in [2.75, 3.05) is 20.1 Å². The summed E-state index contributed by atoms with van der Waals surface area (Å²) in [6.07, 6.45) is 2.59. The number of nitrogens with zero attached hydrogens (tertiary/aromatic N) is 2. The van der Waals surface area contributed by atoms with Crippen LogP contribution in [0, 0.1) is 12.3 Å². The topological polar surface area (TPSA) is 72.4 Å². The number of rotatable bonds is 7. The van der Waals surface area contributed by atoms with E-state index in [4.69, 9.17) is 10.2 Å². The first-order chi connectivity index (χ1) is 11.3. The Morgan fingerprint density at radius 2 is 1.96 bits per heavy atom. The van der Waals surface area contributed by atoms with Crippen LogP contribution in [0.2, 0.25) is 0 Å². The van der Waals surface area contributed by atoms with Gasteiger partial charge in [-0.25, -0.2) is 4.98 Å². The zero-order valence-corrected chi connectivity index (χ0v) is 15.0. The van der Waals surface area contributed by atoms with Gasteiger partial charge in [0.05, 0.1) is 6.20 Å². The summed E-state index contributed by atoms with van der Waals surface area (Å²) < 4.78 is 5.76. The van der Waals surface area contributed by atoms with Gasteiger partial charge in [0.15, 0.2) is 11.7 Å². The molecule has 130 valence electrons. The predicted molar refractivity (Wildman–Crippen MR) is 95.5 cm³/mol. The number of carbonyl (C=O) groups is 1. The number of hydrogen-bond donors (Lipinski definition) is 1. The van der Waals surface area contributed by atoms with Gasteiger partial charge in [-0.3, -0.25) is 4.79 Å². The molecule has 0 unspecified atom stereocenters. The van der Waals surface area contributed by atoms with Gasteiger partial charge in [0, 0.05) is 32.0 Å². The summed E-state index contributed by atoms with van der Waals surface area (Å²) in [6.45, 7) is 7.34. The molecule has 0 radical (unpaired) electrons. The molecule has 24 heavy (non-hydrogen) atoms. The highest BCUT2D eigenvalue weighted by Gasteiger charge is 2.21. The second-order valence-corrected chi connectivity index (χ2v) is 7.10. The fourth-order valence-corrected chi connectivity index (χ4v) is 2.48. The Labute approximate surface area is 143 Å². The fourth-order valence-electron chi connectivity index (χ4n) is 2.48. The van der Waals surface area contributed by atoms with E-state index in [9.17, 15) is 4.79 Å². The lowest BCUT2D eigenvalue weighted by molar-refractivity contribution is -0.131. The summed E-state index contributed by atoms with van der Waals surface area (Å²) >= 11 is 0. The summed E-state index contributed by atoms with van der Waals surface area (Å²) in [5, 5.41) is 0. The quantitative estimate of drug-likeness (QED) is 0.847. The van der Waals surface area contributed by atoms with Crippen LogP contribution in [0.4, 0.5) is 0 Å². The highest BCUT2D eigenvalue weighted by Crippen LogP contribution is 2.21. The van der Waals surface area contributed by atoms with Gasteiger partial charge >= 0.3 is 0 Å². The van der Waals surface area contributed by atoms with E-state index >= 15 is 0 Å². The van der Waals surface area contributed by atoms with E-state index in [1.54, 1.807) is 11.1 Å². The lowest BCUT2D eigenvalue weighted by Crippen LogP contribution is -2.39. The van der Waals surface area contributed by atoms with Crippen LogP contribution >= 0.6 is 0 Å². The molecule has 0 saturated heterocycles. The Kier molecular flexibility index (Phi) is 5.78. The normalized spacial score (nSPS) is 11.5. The molecule has 0 fully saturated rings. The van der Waals surface area contributed by atoms with Crippen molar-refractivity contribution in [3.8, 4) is 11.3 Å². The number of nitrogens with two attached hydrogens (primary N) is 1. The summed E-state index contributed by atoms with van der Waals surface area (Å²) in [7, 11) is 1.81. The number of oxazole rings is 1. The lowest BCUT2D eigenvalue weighted by Gasteiger charge is -2.29. The van der Waals surface area contributed by atoms with Gasteiger partial charge in [-0.2, -0.15) is 0 Å². The Hall–Kier alpha value is -2.14. The standard InChI is InChI=1S/C19H27N3O2/c1-14-5-7-15(8-6-14)16-11-21-17(24-16)9-10-18(23)22(4)13-19(2,3)12-20/h5-8,11H,9-10,12-13,20H2,1-4H3. The third-order valence-electron chi connectivity index (χ3n) is 4.09. The molecular weight excluding hydrogens is 302 g/mol. The minimum atomic E-state index is -0.0774. The Morgan fingerprint density at radius 3 is 2.58 bits per heavy atom. The molecule has 2 rings (SSSR count). The second-order valence-electron chi connectivity index (χ2n) is 7.10. The Morgan fingerprint density at radius 1 is 1.29 bits per heavy atom. The molecule has 0 spiro atoms. The summed E-state index contributed by atoms with van der Waals surface area (Å²) in [5.41, 5.74) is 7.84. The zero-order chi connectivity index (χ0) is 17.7. The maximum absolute atomic E-state index is 12.2. The van der Waals surface area contributed by atoms with E-state index < -0.39 is 0 Å². The molecule has 1 heterocycles. The molecule has 1 aromatic heterocycles. The van der Waals surface area contributed by atoms with Crippen LogP contribution in [0.3, 0.4) is 0 Å². The first-order valence-corrected chi connectivity index (χ1v) is 8.26. The molecular formula is C19H27N3O2. The van der Waals surface area contributed by atoms with Crippen LogP contribution in [0.25, 0.3) is 11.3 Å². The smallest absolute Gasteiger partial charge is 0.222 e. The SMILES string of the molecule is Cc1ccc(-c2cnc(CCC(=O)N(C)CC(C)(C)CN)o2)cc1. The van der Waals surface area contributed by atoms with E-state index in [0.29, 0.717) is 31.8 Å². The summed E-state index contributed by atoms with van der Waals surface area (Å²) in [6, 6.07) is 8.09. The lowest BCUT2D eigenvalue weighted by atomic mass is 9.93. The van der Waals surface area contributed by atoms with Crippen molar-refractivity contribution < 1.29 is 9.21 Å². The van der Waals surface area contributed by atoms with E-state index in [1.165, 1.54) is 5.56 Å². The number of hydrogen-bond acceptors (Lipinski definition) is 4. The molecule has 2 N–H and O–H groups in total. The van der Waals surface area contributed by atoms with Crippen LogP contribution in [0.1, 0.15) is 31.7 Å². The molecule has 1 amide bonds. The van der Waals surface area contributed by atoms with E-state index in [2.05, 4.69) is 18.8 Å². The fraction of sp³-hybridized carbons (Fsp3) is 0.474. The van der Waals surface area contributed by atoms with E-state index in [-0.39, 0.29) is 11.3 Å². The molecule has 0 saturated carbocycles. The molecule has 0 aliphatic heterocycles.